The van der Waals surface area contributed by atoms with Gasteiger partial charge in [-0.25, -0.2) is 8.42 Å². The Balaban J connectivity index is 2.26. The number of carbonyl (C=O) groups is 1. The van der Waals surface area contributed by atoms with Crippen molar-refractivity contribution >= 4 is 39.1 Å². The Hall–Kier alpha value is -2.39. The first kappa shape index (κ1) is 20.9. The Bertz CT molecular complexity index is 916. The van der Waals surface area contributed by atoms with Crippen LogP contribution in [-0.4, -0.2) is 47.6 Å². The zero-order valence-electron chi connectivity index (χ0n) is 15.6. The summed E-state index contributed by atoms with van der Waals surface area (Å²) in [5, 5.41) is 2.73. The van der Waals surface area contributed by atoms with E-state index < -0.39 is 15.9 Å². The van der Waals surface area contributed by atoms with Gasteiger partial charge in [0.25, 0.3) is 0 Å². The molecule has 146 valence electrons. The lowest BCUT2D eigenvalue weighted by molar-refractivity contribution is -0.114. The summed E-state index contributed by atoms with van der Waals surface area (Å²) in [7, 11) is -0.746. The third-order valence-electron chi connectivity index (χ3n) is 3.70. The van der Waals surface area contributed by atoms with Crippen molar-refractivity contribution in [2.45, 2.75) is 4.90 Å². The molecule has 0 atom stereocenters. The van der Waals surface area contributed by atoms with E-state index in [-0.39, 0.29) is 6.54 Å². The Morgan fingerprint density at radius 2 is 1.81 bits per heavy atom. The smallest absolute Gasteiger partial charge is 0.245 e. The van der Waals surface area contributed by atoms with E-state index in [9.17, 15) is 13.2 Å². The number of rotatable bonds is 8. The van der Waals surface area contributed by atoms with Crippen molar-refractivity contribution in [3.8, 4) is 11.5 Å². The molecule has 0 saturated heterocycles. The number of methoxy groups -OCH3 is 2. The van der Waals surface area contributed by atoms with E-state index >= 15 is 0 Å². The minimum atomic E-state index is -3.69. The van der Waals surface area contributed by atoms with Gasteiger partial charge in [0.05, 0.1) is 26.2 Å². The van der Waals surface area contributed by atoms with Gasteiger partial charge in [0.1, 0.15) is 6.54 Å². The van der Waals surface area contributed by atoms with Gasteiger partial charge in [-0.05, 0) is 36.6 Å². The largest absolute Gasteiger partial charge is 0.493 e. The van der Waals surface area contributed by atoms with Crippen LogP contribution < -0.4 is 19.1 Å². The predicted molar refractivity (Wildman–Crippen MR) is 109 cm³/mol. The molecule has 2 rings (SSSR count). The van der Waals surface area contributed by atoms with Crippen molar-refractivity contribution in [2.24, 2.45) is 0 Å². The highest BCUT2D eigenvalue weighted by atomic mass is 32.2. The van der Waals surface area contributed by atoms with Gasteiger partial charge in [-0.2, -0.15) is 0 Å². The fourth-order valence-electron chi connectivity index (χ4n) is 2.41. The minimum absolute atomic E-state index is 0.308. The van der Waals surface area contributed by atoms with Gasteiger partial charge in [-0.3, -0.25) is 9.10 Å². The molecular weight excluding hydrogens is 388 g/mol. The standard InChI is InChI=1S/C18H22N2O5S2/c1-24-16-9-8-14(11-17(16)25-2)20(27(4,22)23)12-18(21)19-13-6-5-7-15(10-13)26-3/h5-11H,12H2,1-4H3,(H,19,21). The summed E-state index contributed by atoms with van der Waals surface area (Å²) in [5.41, 5.74) is 0.913. The monoisotopic (exact) mass is 410 g/mol. The molecule has 0 fully saturated rings. The maximum absolute atomic E-state index is 12.4. The number of nitrogens with one attached hydrogen (secondary N) is 1. The van der Waals surface area contributed by atoms with Crippen molar-refractivity contribution < 1.29 is 22.7 Å². The van der Waals surface area contributed by atoms with Crippen LogP contribution in [0.25, 0.3) is 0 Å². The Morgan fingerprint density at radius 3 is 2.41 bits per heavy atom. The number of hydrogen-bond donors (Lipinski definition) is 1. The second-order valence-electron chi connectivity index (χ2n) is 5.59. The van der Waals surface area contributed by atoms with Crippen molar-refractivity contribution in [2.75, 3.05) is 42.9 Å². The van der Waals surface area contributed by atoms with Crippen LogP contribution in [0.5, 0.6) is 11.5 Å². The number of benzene rings is 2. The van der Waals surface area contributed by atoms with E-state index in [2.05, 4.69) is 5.32 Å². The van der Waals surface area contributed by atoms with Gasteiger partial charge in [-0.1, -0.05) is 6.07 Å². The molecule has 27 heavy (non-hydrogen) atoms. The predicted octanol–water partition coefficient (Wildman–Crippen LogP) is 2.83. The van der Waals surface area contributed by atoms with Crippen LogP contribution in [0.15, 0.2) is 47.4 Å². The van der Waals surface area contributed by atoms with Crippen molar-refractivity contribution in [1.82, 2.24) is 0 Å². The molecule has 2 aromatic carbocycles. The summed E-state index contributed by atoms with van der Waals surface area (Å²) in [6.45, 7) is -0.363. The Morgan fingerprint density at radius 1 is 1.11 bits per heavy atom. The molecule has 0 heterocycles. The number of hydrogen-bond acceptors (Lipinski definition) is 6. The summed E-state index contributed by atoms with van der Waals surface area (Å²) < 4.78 is 35.9. The number of anilines is 2. The average Bonchev–Trinajstić information content (AvgIpc) is 2.64. The highest BCUT2D eigenvalue weighted by Gasteiger charge is 2.22. The van der Waals surface area contributed by atoms with Crippen LogP contribution in [-0.2, 0) is 14.8 Å². The first-order valence-corrected chi connectivity index (χ1v) is 11.0. The fraction of sp³-hybridized carbons (Fsp3) is 0.278. The zero-order chi connectivity index (χ0) is 20.0. The van der Waals surface area contributed by atoms with Crippen molar-refractivity contribution in [3.63, 3.8) is 0 Å². The SMILES string of the molecule is COc1ccc(N(CC(=O)Nc2cccc(SC)c2)S(C)(=O)=O)cc1OC. The summed E-state index contributed by atoms with van der Waals surface area (Å²) in [6.07, 6.45) is 2.98. The normalized spacial score (nSPS) is 11.0. The number of sulfonamides is 1. The number of carbonyl (C=O) groups excluding carboxylic acids is 1. The minimum Gasteiger partial charge on any atom is -0.493 e. The molecule has 0 spiro atoms. The van der Waals surface area contributed by atoms with Crippen LogP contribution in [0.4, 0.5) is 11.4 Å². The van der Waals surface area contributed by atoms with Crippen LogP contribution in [0.3, 0.4) is 0 Å². The maximum atomic E-state index is 12.4. The van der Waals surface area contributed by atoms with E-state index in [0.717, 1.165) is 15.5 Å². The van der Waals surface area contributed by atoms with Gasteiger partial charge in [-0.15, -0.1) is 11.8 Å². The average molecular weight is 411 g/mol. The number of ether oxygens (including phenoxy) is 2. The number of amides is 1. The van der Waals surface area contributed by atoms with E-state index in [0.29, 0.717) is 22.9 Å². The van der Waals surface area contributed by atoms with Crippen LogP contribution >= 0.6 is 11.8 Å². The van der Waals surface area contributed by atoms with E-state index in [1.807, 2.05) is 24.5 Å². The summed E-state index contributed by atoms with van der Waals surface area (Å²) in [5.74, 6) is 0.387. The van der Waals surface area contributed by atoms with Crippen molar-refractivity contribution in [1.29, 1.82) is 0 Å². The lowest BCUT2D eigenvalue weighted by Gasteiger charge is -2.23. The van der Waals surface area contributed by atoms with Gasteiger partial charge >= 0.3 is 0 Å². The first-order chi connectivity index (χ1) is 12.8. The molecule has 0 bridgehead atoms. The van der Waals surface area contributed by atoms with Gasteiger partial charge < -0.3 is 14.8 Å². The first-order valence-electron chi connectivity index (χ1n) is 7.92. The second-order valence-corrected chi connectivity index (χ2v) is 8.38. The Kier molecular flexibility index (Phi) is 6.98. The molecule has 0 saturated carbocycles. The van der Waals surface area contributed by atoms with E-state index in [1.165, 1.54) is 20.3 Å². The van der Waals surface area contributed by atoms with Crippen LogP contribution in [0.2, 0.25) is 0 Å². The van der Waals surface area contributed by atoms with Crippen LogP contribution in [0, 0.1) is 0 Å². The van der Waals surface area contributed by atoms with Gasteiger partial charge in [0.2, 0.25) is 15.9 Å². The third-order valence-corrected chi connectivity index (χ3v) is 5.56. The third kappa shape index (κ3) is 5.54. The van der Waals surface area contributed by atoms with E-state index in [1.54, 1.807) is 30.0 Å². The molecule has 0 aliphatic carbocycles. The van der Waals surface area contributed by atoms with Crippen molar-refractivity contribution in [3.05, 3.63) is 42.5 Å². The molecule has 9 heteroatoms. The highest BCUT2D eigenvalue weighted by Crippen LogP contribution is 2.32. The molecule has 0 unspecified atom stereocenters. The molecule has 0 aliphatic rings. The van der Waals surface area contributed by atoms with Gasteiger partial charge in [0, 0.05) is 16.6 Å². The quantitative estimate of drug-likeness (QED) is 0.674. The van der Waals surface area contributed by atoms with E-state index in [4.69, 9.17) is 9.47 Å². The Labute approximate surface area is 163 Å². The number of nitrogens with zero attached hydrogens (tertiary/aromatic N) is 1. The molecule has 0 radical (unpaired) electrons. The summed E-state index contributed by atoms with van der Waals surface area (Å²) in [6, 6.07) is 12.0. The molecule has 0 aliphatic heterocycles. The maximum Gasteiger partial charge on any atom is 0.245 e. The topological polar surface area (TPSA) is 84.9 Å². The lowest BCUT2D eigenvalue weighted by atomic mass is 10.2. The second kappa shape index (κ2) is 9.01. The molecule has 1 amide bonds. The van der Waals surface area contributed by atoms with Crippen LogP contribution in [0.1, 0.15) is 0 Å². The lowest BCUT2D eigenvalue weighted by Crippen LogP contribution is -2.37. The van der Waals surface area contributed by atoms with Gasteiger partial charge in [0.15, 0.2) is 11.5 Å². The zero-order valence-corrected chi connectivity index (χ0v) is 17.2. The highest BCUT2D eigenvalue weighted by molar-refractivity contribution is 7.98. The molecular formula is C18H22N2O5S2. The molecule has 7 nitrogen and oxygen atoms in total. The molecule has 0 aromatic heterocycles. The fourth-order valence-corrected chi connectivity index (χ4v) is 3.72. The molecule has 2 aromatic rings. The summed E-state index contributed by atoms with van der Waals surface area (Å²) in [4.78, 5) is 13.4. The number of thioether (sulfide) groups is 1. The summed E-state index contributed by atoms with van der Waals surface area (Å²) >= 11 is 1.55. The molecule has 1 N–H and O–H groups in total.